The highest BCUT2D eigenvalue weighted by molar-refractivity contribution is 7.91. The Hall–Kier alpha value is -1.61. The minimum atomic E-state index is -2.97. The van der Waals surface area contributed by atoms with Crippen LogP contribution in [0.25, 0.3) is 0 Å². The van der Waals surface area contributed by atoms with Gasteiger partial charge in [0, 0.05) is 38.3 Å². The Labute approximate surface area is 135 Å². The quantitative estimate of drug-likeness (QED) is 0.830. The standard InChI is InChI=1S/C14H22N4O4S/c1-11-8-13(22-16-11)9-17-3-5-18(6-4-17)14(19)15-12-2-7-23(20,21)10-12/h8,12H,2-7,9-10H2,1H3,(H,15,19). The summed E-state index contributed by atoms with van der Waals surface area (Å²) >= 11 is 0. The van der Waals surface area contributed by atoms with Crippen LogP contribution in [-0.4, -0.2) is 73.1 Å². The smallest absolute Gasteiger partial charge is 0.317 e. The molecule has 1 aromatic heterocycles. The zero-order chi connectivity index (χ0) is 16.4. The van der Waals surface area contributed by atoms with Gasteiger partial charge in [-0.1, -0.05) is 5.16 Å². The molecule has 1 N–H and O–H groups in total. The Bertz CT molecular complexity index is 664. The molecule has 128 valence electrons. The monoisotopic (exact) mass is 342 g/mol. The van der Waals surface area contributed by atoms with Crippen molar-refractivity contribution < 1.29 is 17.7 Å². The lowest BCUT2D eigenvalue weighted by molar-refractivity contribution is 0.126. The van der Waals surface area contributed by atoms with E-state index in [4.69, 9.17) is 4.52 Å². The molecule has 9 heteroatoms. The number of carbonyl (C=O) groups excluding carboxylic acids is 1. The van der Waals surface area contributed by atoms with Crippen LogP contribution in [0.3, 0.4) is 0 Å². The summed E-state index contributed by atoms with van der Waals surface area (Å²) in [7, 11) is -2.97. The van der Waals surface area contributed by atoms with E-state index >= 15 is 0 Å². The van der Waals surface area contributed by atoms with Crippen molar-refractivity contribution in [2.45, 2.75) is 25.9 Å². The maximum atomic E-state index is 12.2. The average Bonchev–Trinajstić information content (AvgIpc) is 3.05. The molecule has 2 aliphatic rings. The van der Waals surface area contributed by atoms with Crippen LogP contribution in [-0.2, 0) is 16.4 Å². The number of amides is 2. The van der Waals surface area contributed by atoms with Gasteiger partial charge in [-0.05, 0) is 13.3 Å². The number of aromatic nitrogens is 1. The van der Waals surface area contributed by atoms with Crippen LogP contribution in [0.1, 0.15) is 17.9 Å². The highest BCUT2D eigenvalue weighted by Gasteiger charge is 2.31. The summed E-state index contributed by atoms with van der Waals surface area (Å²) in [6.45, 7) is 5.35. The average molecular weight is 342 g/mol. The van der Waals surface area contributed by atoms with Gasteiger partial charge < -0.3 is 14.7 Å². The molecule has 1 aromatic rings. The lowest BCUT2D eigenvalue weighted by Gasteiger charge is -2.34. The van der Waals surface area contributed by atoms with Gasteiger partial charge in [-0.25, -0.2) is 13.2 Å². The molecule has 2 saturated heterocycles. The van der Waals surface area contributed by atoms with E-state index in [0.29, 0.717) is 26.1 Å². The topological polar surface area (TPSA) is 95.8 Å². The molecule has 0 spiro atoms. The SMILES string of the molecule is Cc1cc(CN2CCN(C(=O)NC3CCS(=O)(=O)C3)CC2)on1. The van der Waals surface area contributed by atoms with Crippen molar-refractivity contribution in [3.8, 4) is 0 Å². The molecule has 0 saturated carbocycles. The first-order valence-corrected chi connectivity index (χ1v) is 9.64. The number of hydrogen-bond acceptors (Lipinski definition) is 6. The molecule has 0 radical (unpaired) electrons. The van der Waals surface area contributed by atoms with Crippen LogP contribution >= 0.6 is 0 Å². The Kier molecular flexibility index (Phi) is 4.58. The maximum absolute atomic E-state index is 12.2. The zero-order valence-corrected chi connectivity index (χ0v) is 14.0. The summed E-state index contributed by atoms with van der Waals surface area (Å²) in [6.07, 6.45) is 0.513. The van der Waals surface area contributed by atoms with Gasteiger partial charge in [-0.15, -0.1) is 0 Å². The number of aryl methyl sites for hydroxylation is 1. The van der Waals surface area contributed by atoms with Crippen LogP contribution in [0.2, 0.25) is 0 Å². The van der Waals surface area contributed by atoms with Crippen molar-refractivity contribution in [1.82, 2.24) is 20.3 Å². The molecule has 2 aliphatic heterocycles. The summed E-state index contributed by atoms with van der Waals surface area (Å²) < 4.78 is 28.1. The molecule has 2 fully saturated rings. The lowest BCUT2D eigenvalue weighted by atomic mass is 10.2. The second-order valence-corrected chi connectivity index (χ2v) is 8.48. The number of rotatable bonds is 3. The van der Waals surface area contributed by atoms with Gasteiger partial charge in [-0.2, -0.15) is 0 Å². The van der Waals surface area contributed by atoms with E-state index in [1.807, 2.05) is 13.0 Å². The van der Waals surface area contributed by atoms with Crippen molar-refractivity contribution in [2.75, 3.05) is 37.7 Å². The van der Waals surface area contributed by atoms with Crippen LogP contribution in [0.15, 0.2) is 10.6 Å². The number of piperazine rings is 1. The van der Waals surface area contributed by atoms with Crippen LogP contribution in [0.4, 0.5) is 4.79 Å². The summed E-state index contributed by atoms with van der Waals surface area (Å²) in [5.74, 6) is 1.06. The van der Waals surface area contributed by atoms with Gasteiger partial charge in [0.2, 0.25) is 0 Å². The zero-order valence-electron chi connectivity index (χ0n) is 13.2. The number of carbonyl (C=O) groups is 1. The van der Waals surface area contributed by atoms with Crippen molar-refractivity contribution >= 4 is 15.9 Å². The molecule has 1 unspecified atom stereocenters. The molecule has 8 nitrogen and oxygen atoms in total. The maximum Gasteiger partial charge on any atom is 0.317 e. The van der Waals surface area contributed by atoms with Crippen molar-refractivity contribution in [3.05, 3.63) is 17.5 Å². The first kappa shape index (κ1) is 16.3. The summed E-state index contributed by atoms with van der Waals surface area (Å²) in [4.78, 5) is 16.2. The largest absolute Gasteiger partial charge is 0.360 e. The molecule has 3 rings (SSSR count). The van der Waals surface area contributed by atoms with Crippen LogP contribution < -0.4 is 5.32 Å². The molecule has 1 atom stereocenters. The number of hydrogen-bond donors (Lipinski definition) is 1. The molecule has 0 aliphatic carbocycles. The van der Waals surface area contributed by atoms with Crippen LogP contribution in [0.5, 0.6) is 0 Å². The predicted molar refractivity (Wildman–Crippen MR) is 83.7 cm³/mol. The first-order chi connectivity index (χ1) is 10.9. The number of nitrogens with one attached hydrogen (secondary N) is 1. The van der Waals surface area contributed by atoms with Crippen molar-refractivity contribution in [3.63, 3.8) is 0 Å². The molecule has 23 heavy (non-hydrogen) atoms. The summed E-state index contributed by atoms with van der Waals surface area (Å²) in [5.41, 5.74) is 0.865. The Morgan fingerprint density at radius 3 is 2.70 bits per heavy atom. The van der Waals surface area contributed by atoms with Gasteiger partial charge in [-0.3, -0.25) is 4.90 Å². The van der Waals surface area contributed by atoms with E-state index in [9.17, 15) is 13.2 Å². The lowest BCUT2D eigenvalue weighted by Crippen LogP contribution is -2.53. The highest BCUT2D eigenvalue weighted by atomic mass is 32.2. The van der Waals surface area contributed by atoms with Crippen molar-refractivity contribution in [1.29, 1.82) is 0 Å². The van der Waals surface area contributed by atoms with Gasteiger partial charge >= 0.3 is 6.03 Å². The molecule has 2 amide bonds. The summed E-state index contributed by atoms with van der Waals surface area (Å²) in [5, 5.41) is 6.70. The van der Waals surface area contributed by atoms with Gasteiger partial charge in [0.15, 0.2) is 15.6 Å². The minimum Gasteiger partial charge on any atom is -0.360 e. The fraction of sp³-hybridized carbons (Fsp3) is 0.714. The second-order valence-electron chi connectivity index (χ2n) is 6.25. The molecule has 3 heterocycles. The number of sulfone groups is 1. The molecule has 0 aromatic carbocycles. The first-order valence-electron chi connectivity index (χ1n) is 7.82. The Balaban J connectivity index is 1.44. The number of nitrogens with zero attached hydrogens (tertiary/aromatic N) is 3. The molecular weight excluding hydrogens is 320 g/mol. The predicted octanol–water partition coefficient (Wildman–Crippen LogP) is -0.00268. The van der Waals surface area contributed by atoms with Gasteiger partial charge in [0.1, 0.15) is 0 Å². The fourth-order valence-corrected chi connectivity index (χ4v) is 4.67. The third kappa shape index (κ3) is 4.23. The second kappa shape index (κ2) is 6.48. The summed E-state index contributed by atoms with van der Waals surface area (Å²) in [6, 6.07) is 1.50. The van der Waals surface area contributed by atoms with E-state index < -0.39 is 9.84 Å². The number of urea groups is 1. The van der Waals surface area contributed by atoms with E-state index in [0.717, 1.165) is 24.5 Å². The van der Waals surface area contributed by atoms with Crippen LogP contribution in [0, 0.1) is 6.92 Å². The van der Waals surface area contributed by atoms with Gasteiger partial charge in [0.25, 0.3) is 0 Å². The van der Waals surface area contributed by atoms with E-state index in [2.05, 4.69) is 15.4 Å². The normalized spacial score (nSPS) is 24.7. The van der Waals surface area contributed by atoms with E-state index in [1.165, 1.54) is 0 Å². The highest BCUT2D eigenvalue weighted by Crippen LogP contribution is 2.13. The Morgan fingerprint density at radius 1 is 1.39 bits per heavy atom. The van der Waals surface area contributed by atoms with E-state index in [-0.39, 0.29) is 23.6 Å². The minimum absolute atomic E-state index is 0.0591. The Morgan fingerprint density at radius 2 is 2.13 bits per heavy atom. The molecule has 0 bridgehead atoms. The molecular formula is C14H22N4O4S. The third-order valence-electron chi connectivity index (χ3n) is 4.28. The fourth-order valence-electron chi connectivity index (χ4n) is 3.00. The van der Waals surface area contributed by atoms with Crippen molar-refractivity contribution in [2.24, 2.45) is 0 Å². The van der Waals surface area contributed by atoms with E-state index in [1.54, 1.807) is 4.90 Å². The third-order valence-corrected chi connectivity index (χ3v) is 6.04. The van der Waals surface area contributed by atoms with Gasteiger partial charge in [0.05, 0.1) is 23.7 Å².